The Morgan fingerprint density at radius 1 is 1.12 bits per heavy atom. The van der Waals surface area contributed by atoms with Crippen molar-refractivity contribution in [2.45, 2.75) is 26.0 Å². The predicted octanol–water partition coefficient (Wildman–Crippen LogP) is 3.06. The zero-order chi connectivity index (χ0) is 17.5. The molecule has 2 aromatic carbocycles. The summed E-state index contributed by atoms with van der Waals surface area (Å²) < 4.78 is 13.4. The summed E-state index contributed by atoms with van der Waals surface area (Å²) in [5, 5.41) is 9.30. The number of aromatic nitrogens is 2. The minimum Gasteiger partial charge on any atom is -0.492 e. The molecular weight excluding hydrogens is 316 g/mol. The third-order valence-electron chi connectivity index (χ3n) is 4.12. The fraction of sp³-hybridized carbons (Fsp3) is 0.350. The first-order valence-electron chi connectivity index (χ1n) is 8.64. The summed E-state index contributed by atoms with van der Waals surface area (Å²) in [6.45, 7) is 3.90. The molecule has 0 amide bonds. The summed E-state index contributed by atoms with van der Waals surface area (Å²) in [6, 6.07) is 16.0. The first-order valence-corrected chi connectivity index (χ1v) is 8.64. The van der Waals surface area contributed by atoms with Gasteiger partial charge in [-0.3, -0.25) is 0 Å². The maximum Gasteiger partial charge on any atom is 0.119 e. The molecule has 0 bridgehead atoms. The molecule has 0 radical (unpaired) electrons. The van der Waals surface area contributed by atoms with Gasteiger partial charge in [0.05, 0.1) is 36.6 Å². The number of ether oxygens (including phenoxy) is 2. The van der Waals surface area contributed by atoms with Crippen LogP contribution >= 0.6 is 0 Å². The van der Waals surface area contributed by atoms with E-state index in [4.69, 9.17) is 9.47 Å². The van der Waals surface area contributed by atoms with E-state index in [9.17, 15) is 5.11 Å². The van der Waals surface area contributed by atoms with Crippen LogP contribution in [0.25, 0.3) is 11.0 Å². The number of para-hydroxylation sites is 2. The second-order valence-electron chi connectivity index (χ2n) is 5.88. The van der Waals surface area contributed by atoms with E-state index in [1.165, 1.54) is 0 Å². The Morgan fingerprint density at radius 3 is 2.68 bits per heavy atom. The second-order valence-corrected chi connectivity index (χ2v) is 5.88. The molecule has 1 aromatic heterocycles. The molecule has 0 aliphatic carbocycles. The molecule has 0 saturated carbocycles. The molecule has 0 saturated heterocycles. The van der Waals surface area contributed by atoms with E-state index in [-0.39, 0.29) is 12.7 Å². The SMILES string of the molecule is CCO[C@H](CO)Cc1ccc(OCCn2cnc3ccccc32)cc1. The van der Waals surface area contributed by atoms with Crippen LogP contribution in [0.2, 0.25) is 0 Å². The van der Waals surface area contributed by atoms with Gasteiger partial charge in [-0.2, -0.15) is 0 Å². The standard InChI is InChI=1S/C20H24N2O3/c1-2-24-18(14-23)13-16-7-9-17(10-8-16)25-12-11-22-15-21-19-5-3-4-6-20(19)22/h3-10,15,18,23H,2,11-14H2,1H3/t18-/m0/s1. The van der Waals surface area contributed by atoms with Gasteiger partial charge in [0.2, 0.25) is 0 Å². The normalized spacial score (nSPS) is 12.4. The highest BCUT2D eigenvalue weighted by Crippen LogP contribution is 2.15. The molecule has 1 atom stereocenters. The number of hydrogen-bond acceptors (Lipinski definition) is 4. The van der Waals surface area contributed by atoms with E-state index >= 15 is 0 Å². The Morgan fingerprint density at radius 2 is 1.92 bits per heavy atom. The van der Waals surface area contributed by atoms with Crippen molar-refractivity contribution >= 4 is 11.0 Å². The largest absolute Gasteiger partial charge is 0.492 e. The van der Waals surface area contributed by atoms with E-state index in [1.54, 1.807) is 0 Å². The first kappa shape index (κ1) is 17.5. The van der Waals surface area contributed by atoms with E-state index < -0.39 is 0 Å². The Kier molecular flexibility index (Phi) is 6.04. The van der Waals surface area contributed by atoms with Gasteiger partial charge in [0.25, 0.3) is 0 Å². The smallest absolute Gasteiger partial charge is 0.119 e. The van der Waals surface area contributed by atoms with E-state index in [2.05, 4.69) is 15.6 Å². The molecule has 132 valence electrons. The summed E-state index contributed by atoms with van der Waals surface area (Å²) in [6.07, 6.45) is 2.40. The van der Waals surface area contributed by atoms with Gasteiger partial charge >= 0.3 is 0 Å². The van der Waals surface area contributed by atoms with Gasteiger partial charge in [-0.25, -0.2) is 4.98 Å². The molecule has 1 heterocycles. The topological polar surface area (TPSA) is 56.5 Å². The fourth-order valence-corrected chi connectivity index (χ4v) is 2.85. The van der Waals surface area contributed by atoms with Gasteiger partial charge in [-0.15, -0.1) is 0 Å². The van der Waals surface area contributed by atoms with Crippen LogP contribution < -0.4 is 4.74 Å². The van der Waals surface area contributed by atoms with Crippen molar-refractivity contribution in [3.63, 3.8) is 0 Å². The molecule has 5 nitrogen and oxygen atoms in total. The average molecular weight is 340 g/mol. The van der Waals surface area contributed by atoms with Gasteiger partial charge in [-0.1, -0.05) is 24.3 Å². The molecule has 25 heavy (non-hydrogen) atoms. The number of aliphatic hydroxyl groups is 1. The summed E-state index contributed by atoms with van der Waals surface area (Å²) >= 11 is 0. The minimum atomic E-state index is -0.147. The molecule has 5 heteroatoms. The molecule has 0 fully saturated rings. The summed E-state index contributed by atoms with van der Waals surface area (Å²) in [4.78, 5) is 4.38. The summed E-state index contributed by atoms with van der Waals surface area (Å²) in [5.74, 6) is 0.838. The van der Waals surface area contributed by atoms with Crippen molar-refractivity contribution in [1.82, 2.24) is 9.55 Å². The fourth-order valence-electron chi connectivity index (χ4n) is 2.85. The quantitative estimate of drug-likeness (QED) is 0.650. The Labute approximate surface area is 147 Å². The highest BCUT2D eigenvalue weighted by Gasteiger charge is 2.08. The molecule has 3 aromatic rings. The van der Waals surface area contributed by atoms with Crippen molar-refractivity contribution in [1.29, 1.82) is 0 Å². The van der Waals surface area contributed by atoms with Crippen LogP contribution in [-0.4, -0.2) is 40.6 Å². The van der Waals surface area contributed by atoms with Gasteiger partial charge < -0.3 is 19.1 Å². The number of hydrogen-bond donors (Lipinski definition) is 1. The summed E-state index contributed by atoms with van der Waals surface area (Å²) in [5.41, 5.74) is 3.24. The lowest BCUT2D eigenvalue weighted by Crippen LogP contribution is -2.20. The van der Waals surface area contributed by atoms with Crippen LogP contribution in [0.3, 0.4) is 0 Å². The zero-order valence-corrected chi connectivity index (χ0v) is 14.5. The predicted molar refractivity (Wildman–Crippen MR) is 97.9 cm³/mol. The van der Waals surface area contributed by atoms with E-state index in [0.29, 0.717) is 19.6 Å². The second kappa shape index (κ2) is 8.65. The van der Waals surface area contributed by atoms with Gasteiger partial charge in [0.1, 0.15) is 12.4 Å². The van der Waals surface area contributed by atoms with Gasteiger partial charge in [0, 0.05) is 13.0 Å². The van der Waals surface area contributed by atoms with Crippen LogP contribution in [0, 0.1) is 0 Å². The van der Waals surface area contributed by atoms with Crippen LogP contribution in [0.4, 0.5) is 0 Å². The van der Waals surface area contributed by atoms with Crippen molar-refractivity contribution < 1.29 is 14.6 Å². The average Bonchev–Trinajstić information content (AvgIpc) is 3.06. The van der Waals surface area contributed by atoms with Crippen molar-refractivity contribution in [2.75, 3.05) is 19.8 Å². The summed E-state index contributed by atoms with van der Waals surface area (Å²) in [7, 11) is 0. The van der Waals surface area contributed by atoms with Crippen LogP contribution in [-0.2, 0) is 17.7 Å². The van der Waals surface area contributed by atoms with Crippen molar-refractivity contribution in [3.05, 3.63) is 60.4 Å². The highest BCUT2D eigenvalue weighted by atomic mass is 16.5. The molecule has 0 unspecified atom stereocenters. The van der Waals surface area contributed by atoms with E-state index in [1.807, 2.05) is 55.7 Å². The maximum absolute atomic E-state index is 9.30. The monoisotopic (exact) mass is 340 g/mol. The lowest BCUT2D eigenvalue weighted by molar-refractivity contribution is 0.0207. The molecule has 1 N–H and O–H groups in total. The number of imidazole rings is 1. The number of rotatable bonds is 9. The van der Waals surface area contributed by atoms with Crippen LogP contribution in [0.5, 0.6) is 5.75 Å². The zero-order valence-electron chi connectivity index (χ0n) is 14.5. The van der Waals surface area contributed by atoms with Crippen LogP contribution in [0.1, 0.15) is 12.5 Å². The van der Waals surface area contributed by atoms with Gasteiger partial charge in [0.15, 0.2) is 0 Å². The molecular formula is C20H24N2O3. The molecule has 0 aliphatic heterocycles. The third-order valence-corrected chi connectivity index (χ3v) is 4.12. The highest BCUT2D eigenvalue weighted by molar-refractivity contribution is 5.74. The van der Waals surface area contributed by atoms with Crippen molar-refractivity contribution in [3.8, 4) is 5.75 Å². The number of aliphatic hydroxyl groups excluding tert-OH is 1. The molecule has 0 spiro atoms. The maximum atomic E-state index is 9.30. The Balaban J connectivity index is 1.52. The van der Waals surface area contributed by atoms with Gasteiger partial charge in [-0.05, 0) is 36.8 Å². The van der Waals surface area contributed by atoms with E-state index in [0.717, 1.165) is 28.9 Å². The minimum absolute atomic E-state index is 0.0327. The van der Waals surface area contributed by atoms with Crippen molar-refractivity contribution in [2.24, 2.45) is 0 Å². The number of nitrogens with zero attached hydrogens (tertiary/aromatic N) is 2. The number of fused-ring (bicyclic) bond motifs is 1. The molecule has 3 rings (SSSR count). The number of benzene rings is 2. The lowest BCUT2D eigenvalue weighted by atomic mass is 10.1. The third kappa shape index (κ3) is 4.59. The lowest BCUT2D eigenvalue weighted by Gasteiger charge is -2.14. The Bertz CT molecular complexity index is 783. The Hall–Kier alpha value is -2.37. The molecule has 0 aliphatic rings. The van der Waals surface area contributed by atoms with Crippen LogP contribution in [0.15, 0.2) is 54.9 Å². The first-order chi connectivity index (χ1) is 12.3.